The van der Waals surface area contributed by atoms with Crippen molar-refractivity contribution >= 4 is 21.6 Å². The van der Waals surface area contributed by atoms with E-state index in [1.165, 1.54) is 37.0 Å². The Morgan fingerprint density at radius 2 is 2.32 bits per heavy atom. The summed E-state index contributed by atoms with van der Waals surface area (Å²) in [7, 11) is 0. The standard InChI is InChI=1S/C14H19N3OS/c1-9(10-4-2-3-5-10)15-8-12-16-11-6-7-19-13(11)14(18)17-12/h6-7,9-10,15H,2-5,8H2,1H3,(H,16,17,18)/t9-/m1/s1. The predicted octanol–water partition coefficient (Wildman–Crippen LogP) is 2.65. The summed E-state index contributed by atoms with van der Waals surface area (Å²) >= 11 is 1.44. The monoisotopic (exact) mass is 277 g/mol. The molecule has 4 nitrogen and oxygen atoms in total. The van der Waals surface area contributed by atoms with Crippen LogP contribution in [0.5, 0.6) is 0 Å². The Bertz CT molecular complexity index is 612. The van der Waals surface area contributed by atoms with Gasteiger partial charge in [0.2, 0.25) is 0 Å². The maximum Gasteiger partial charge on any atom is 0.268 e. The molecule has 2 aromatic rings. The summed E-state index contributed by atoms with van der Waals surface area (Å²) < 4.78 is 0.715. The van der Waals surface area contributed by atoms with Crippen molar-refractivity contribution in [1.82, 2.24) is 15.3 Å². The van der Waals surface area contributed by atoms with Crippen molar-refractivity contribution in [1.29, 1.82) is 0 Å². The fraction of sp³-hybridized carbons (Fsp3) is 0.571. The highest BCUT2D eigenvalue weighted by atomic mass is 32.1. The molecular formula is C14H19N3OS. The van der Waals surface area contributed by atoms with Crippen molar-refractivity contribution in [2.75, 3.05) is 0 Å². The van der Waals surface area contributed by atoms with Crippen molar-refractivity contribution in [3.05, 3.63) is 27.6 Å². The number of nitrogens with one attached hydrogen (secondary N) is 2. The first-order valence-corrected chi connectivity index (χ1v) is 7.82. The van der Waals surface area contributed by atoms with Gasteiger partial charge in [-0.1, -0.05) is 12.8 Å². The number of H-pyrrole nitrogens is 1. The smallest absolute Gasteiger partial charge is 0.268 e. The molecule has 1 aliphatic rings. The third-order valence-corrected chi connectivity index (χ3v) is 4.96. The highest BCUT2D eigenvalue weighted by Crippen LogP contribution is 2.27. The molecule has 5 heteroatoms. The summed E-state index contributed by atoms with van der Waals surface area (Å²) in [6.45, 7) is 2.87. The van der Waals surface area contributed by atoms with E-state index < -0.39 is 0 Å². The molecule has 1 saturated carbocycles. The lowest BCUT2D eigenvalue weighted by molar-refractivity contribution is 0.377. The first-order valence-electron chi connectivity index (χ1n) is 6.94. The minimum absolute atomic E-state index is 0.0229. The molecule has 3 rings (SSSR count). The number of aromatic amines is 1. The largest absolute Gasteiger partial charge is 0.308 e. The first kappa shape index (κ1) is 12.8. The van der Waals surface area contributed by atoms with E-state index in [-0.39, 0.29) is 5.56 Å². The normalized spacial score (nSPS) is 18.2. The van der Waals surface area contributed by atoms with Gasteiger partial charge in [0, 0.05) is 6.04 Å². The Morgan fingerprint density at radius 3 is 3.11 bits per heavy atom. The molecular weight excluding hydrogens is 258 g/mol. The second-order valence-corrected chi connectivity index (χ2v) is 6.28. The molecule has 1 aliphatic carbocycles. The summed E-state index contributed by atoms with van der Waals surface area (Å²) in [6.07, 6.45) is 5.35. The molecule has 0 amide bonds. The SMILES string of the molecule is C[C@@H](NCc1nc2ccsc2c(=O)[nH]1)C1CCCC1. The molecule has 2 heterocycles. The Morgan fingerprint density at radius 1 is 1.53 bits per heavy atom. The lowest BCUT2D eigenvalue weighted by Gasteiger charge is -2.19. The van der Waals surface area contributed by atoms with Gasteiger partial charge in [0.1, 0.15) is 10.5 Å². The van der Waals surface area contributed by atoms with Crippen LogP contribution in [0.25, 0.3) is 10.2 Å². The third-order valence-electron chi connectivity index (χ3n) is 4.06. The zero-order chi connectivity index (χ0) is 13.2. The van der Waals surface area contributed by atoms with E-state index in [0.29, 0.717) is 17.3 Å². The Kier molecular flexibility index (Phi) is 3.66. The fourth-order valence-corrected chi connectivity index (χ4v) is 3.61. The van der Waals surface area contributed by atoms with Gasteiger partial charge in [-0.05, 0) is 37.1 Å². The van der Waals surface area contributed by atoms with Gasteiger partial charge in [-0.25, -0.2) is 4.98 Å². The summed E-state index contributed by atoms with van der Waals surface area (Å²) in [5.74, 6) is 1.51. The van der Waals surface area contributed by atoms with Gasteiger partial charge in [-0.3, -0.25) is 4.79 Å². The number of hydrogen-bond acceptors (Lipinski definition) is 4. The third kappa shape index (κ3) is 2.72. The van der Waals surface area contributed by atoms with Crippen LogP contribution in [0, 0.1) is 5.92 Å². The van der Waals surface area contributed by atoms with Gasteiger partial charge in [0.15, 0.2) is 0 Å². The molecule has 0 spiro atoms. The fourth-order valence-electron chi connectivity index (χ4n) is 2.89. The minimum atomic E-state index is -0.0229. The number of nitrogens with zero attached hydrogens (tertiary/aromatic N) is 1. The van der Waals surface area contributed by atoms with E-state index in [4.69, 9.17) is 0 Å². The molecule has 0 saturated heterocycles. The van der Waals surface area contributed by atoms with E-state index in [1.807, 2.05) is 11.4 Å². The maximum absolute atomic E-state index is 11.8. The van der Waals surface area contributed by atoms with Gasteiger partial charge in [-0.2, -0.15) is 0 Å². The van der Waals surface area contributed by atoms with Gasteiger partial charge >= 0.3 is 0 Å². The Balaban J connectivity index is 1.69. The highest BCUT2D eigenvalue weighted by Gasteiger charge is 2.21. The number of hydrogen-bond donors (Lipinski definition) is 2. The average Bonchev–Trinajstić information content (AvgIpc) is 3.06. The summed E-state index contributed by atoms with van der Waals surface area (Å²) in [5.41, 5.74) is 0.782. The van der Waals surface area contributed by atoms with Crippen LogP contribution in [0.2, 0.25) is 0 Å². The Hall–Kier alpha value is -1.20. The highest BCUT2D eigenvalue weighted by molar-refractivity contribution is 7.17. The van der Waals surface area contributed by atoms with Crippen LogP contribution >= 0.6 is 11.3 Å². The van der Waals surface area contributed by atoms with Crippen molar-refractivity contribution in [3.8, 4) is 0 Å². The maximum atomic E-state index is 11.8. The lowest BCUT2D eigenvalue weighted by Crippen LogP contribution is -2.32. The van der Waals surface area contributed by atoms with Crippen LogP contribution in [0.1, 0.15) is 38.4 Å². The van der Waals surface area contributed by atoms with Gasteiger partial charge in [0.05, 0.1) is 12.1 Å². The summed E-state index contributed by atoms with van der Waals surface area (Å²) in [5, 5.41) is 5.40. The van der Waals surface area contributed by atoms with Crippen LogP contribution in [0.3, 0.4) is 0 Å². The topological polar surface area (TPSA) is 57.8 Å². The molecule has 0 bridgehead atoms. The zero-order valence-corrected chi connectivity index (χ0v) is 11.9. The number of fused-ring (bicyclic) bond motifs is 1. The van der Waals surface area contributed by atoms with Crippen molar-refractivity contribution in [2.24, 2.45) is 5.92 Å². The van der Waals surface area contributed by atoms with E-state index >= 15 is 0 Å². The van der Waals surface area contributed by atoms with Gasteiger partial charge in [-0.15, -0.1) is 11.3 Å². The van der Waals surface area contributed by atoms with Crippen LogP contribution in [0.4, 0.5) is 0 Å². The zero-order valence-electron chi connectivity index (χ0n) is 11.1. The molecule has 0 aromatic carbocycles. The quantitative estimate of drug-likeness (QED) is 0.903. The number of aromatic nitrogens is 2. The number of thiophene rings is 1. The molecule has 1 atom stereocenters. The van der Waals surface area contributed by atoms with Crippen molar-refractivity contribution in [2.45, 2.75) is 45.2 Å². The molecule has 0 aliphatic heterocycles. The minimum Gasteiger partial charge on any atom is -0.308 e. The van der Waals surface area contributed by atoms with Crippen LogP contribution in [-0.2, 0) is 6.54 Å². The van der Waals surface area contributed by atoms with E-state index in [2.05, 4.69) is 22.2 Å². The molecule has 19 heavy (non-hydrogen) atoms. The first-order chi connectivity index (χ1) is 9.24. The lowest BCUT2D eigenvalue weighted by atomic mass is 10.00. The summed E-state index contributed by atoms with van der Waals surface area (Å²) in [4.78, 5) is 19.2. The van der Waals surface area contributed by atoms with Crippen LogP contribution < -0.4 is 10.9 Å². The van der Waals surface area contributed by atoms with Crippen LogP contribution in [-0.4, -0.2) is 16.0 Å². The van der Waals surface area contributed by atoms with Crippen LogP contribution in [0.15, 0.2) is 16.2 Å². The number of rotatable bonds is 4. The second-order valence-electron chi connectivity index (χ2n) is 5.36. The van der Waals surface area contributed by atoms with Crippen molar-refractivity contribution in [3.63, 3.8) is 0 Å². The average molecular weight is 277 g/mol. The molecule has 0 unspecified atom stereocenters. The molecule has 102 valence electrons. The van der Waals surface area contributed by atoms with Crippen molar-refractivity contribution < 1.29 is 0 Å². The molecule has 2 N–H and O–H groups in total. The van der Waals surface area contributed by atoms with E-state index in [9.17, 15) is 4.79 Å². The summed E-state index contributed by atoms with van der Waals surface area (Å²) in [6, 6.07) is 2.39. The predicted molar refractivity (Wildman–Crippen MR) is 78.5 cm³/mol. The van der Waals surface area contributed by atoms with E-state index in [1.54, 1.807) is 0 Å². The molecule has 0 radical (unpaired) electrons. The van der Waals surface area contributed by atoms with E-state index in [0.717, 1.165) is 17.3 Å². The van der Waals surface area contributed by atoms with Gasteiger partial charge in [0.25, 0.3) is 5.56 Å². The molecule has 2 aromatic heterocycles. The Labute approximate surface area is 116 Å². The molecule has 1 fully saturated rings. The van der Waals surface area contributed by atoms with Gasteiger partial charge < -0.3 is 10.3 Å². The second kappa shape index (κ2) is 5.43.